The number of aromatic nitrogens is 2. The summed E-state index contributed by atoms with van der Waals surface area (Å²) in [6, 6.07) is 0.335. The number of anilines is 2. The van der Waals surface area contributed by atoms with Crippen molar-refractivity contribution < 1.29 is 4.39 Å². The monoisotopic (exact) mass is 252 g/mol. The molecule has 1 aliphatic rings. The highest BCUT2D eigenvalue weighted by Crippen LogP contribution is 2.28. The van der Waals surface area contributed by atoms with Crippen molar-refractivity contribution in [3.8, 4) is 0 Å². The number of hydrogen-bond acceptors (Lipinski definition) is 4. The van der Waals surface area contributed by atoms with E-state index in [0.717, 1.165) is 18.8 Å². The van der Waals surface area contributed by atoms with E-state index in [1.54, 1.807) is 7.05 Å². The van der Waals surface area contributed by atoms with Gasteiger partial charge in [0.1, 0.15) is 0 Å². The first-order valence-electron chi connectivity index (χ1n) is 6.69. The van der Waals surface area contributed by atoms with E-state index in [9.17, 15) is 4.39 Å². The van der Waals surface area contributed by atoms with Gasteiger partial charge in [-0.15, -0.1) is 0 Å². The fourth-order valence-electron chi connectivity index (χ4n) is 2.50. The van der Waals surface area contributed by atoms with Gasteiger partial charge in [-0.25, -0.2) is 9.37 Å². The zero-order chi connectivity index (χ0) is 13.0. The van der Waals surface area contributed by atoms with Crippen LogP contribution in [-0.2, 0) is 0 Å². The Bertz CT molecular complexity index is 389. The highest BCUT2D eigenvalue weighted by Gasteiger charge is 2.21. The Balaban J connectivity index is 1.97. The first-order chi connectivity index (χ1) is 8.72. The van der Waals surface area contributed by atoms with Crippen molar-refractivity contribution in [2.45, 2.75) is 45.1 Å². The maximum Gasteiger partial charge on any atom is 0.224 e. The molecule has 0 saturated heterocycles. The Morgan fingerprint density at radius 2 is 2.06 bits per heavy atom. The van der Waals surface area contributed by atoms with Crippen molar-refractivity contribution in [3.05, 3.63) is 12.0 Å². The van der Waals surface area contributed by atoms with Crippen molar-refractivity contribution in [2.75, 3.05) is 17.7 Å². The number of hydrogen-bond donors (Lipinski definition) is 2. The molecule has 1 saturated carbocycles. The van der Waals surface area contributed by atoms with Gasteiger partial charge in [-0.2, -0.15) is 4.98 Å². The fourth-order valence-corrected chi connectivity index (χ4v) is 2.50. The van der Waals surface area contributed by atoms with Gasteiger partial charge in [-0.3, -0.25) is 0 Å². The van der Waals surface area contributed by atoms with Gasteiger partial charge in [0.15, 0.2) is 11.6 Å². The van der Waals surface area contributed by atoms with E-state index >= 15 is 0 Å². The topological polar surface area (TPSA) is 49.8 Å². The van der Waals surface area contributed by atoms with E-state index in [1.807, 2.05) is 0 Å². The van der Waals surface area contributed by atoms with Gasteiger partial charge in [0.25, 0.3) is 0 Å². The quantitative estimate of drug-likeness (QED) is 0.864. The SMILES string of the molecule is CCC1CCC(Nc2nc(NC)ncc2F)CC1. The smallest absolute Gasteiger partial charge is 0.224 e. The molecule has 0 amide bonds. The van der Waals surface area contributed by atoms with Crippen LogP contribution in [0.5, 0.6) is 0 Å². The van der Waals surface area contributed by atoms with E-state index in [1.165, 1.54) is 25.5 Å². The minimum absolute atomic E-state index is 0.314. The summed E-state index contributed by atoms with van der Waals surface area (Å²) in [6.07, 6.45) is 7.09. The van der Waals surface area contributed by atoms with Gasteiger partial charge < -0.3 is 10.6 Å². The average molecular weight is 252 g/mol. The molecular formula is C13H21FN4. The molecule has 1 heterocycles. The van der Waals surface area contributed by atoms with Crippen molar-refractivity contribution in [3.63, 3.8) is 0 Å². The van der Waals surface area contributed by atoms with E-state index in [4.69, 9.17) is 0 Å². The maximum atomic E-state index is 13.6. The molecule has 1 aromatic heterocycles. The predicted octanol–water partition coefficient (Wildman–Crippen LogP) is 3.04. The Labute approximate surface area is 107 Å². The summed E-state index contributed by atoms with van der Waals surface area (Å²) < 4.78 is 13.6. The van der Waals surface area contributed by atoms with Crippen molar-refractivity contribution in [1.82, 2.24) is 9.97 Å². The Morgan fingerprint density at radius 3 is 2.67 bits per heavy atom. The third-order valence-corrected chi connectivity index (χ3v) is 3.73. The molecule has 0 spiro atoms. The number of halogens is 1. The third-order valence-electron chi connectivity index (χ3n) is 3.73. The molecule has 5 heteroatoms. The van der Waals surface area contributed by atoms with Crippen molar-refractivity contribution in [2.24, 2.45) is 5.92 Å². The summed E-state index contributed by atoms with van der Waals surface area (Å²) in [7, 11) is 1.73. The van der Waals surface area contributed by atoms with Crippen LogP contribution in [0.15, 0.2) is 6.20 Å². The van der Waals surface area contributed by atoms with Crippen LogP contribution < -0.4 is 10.6 Å². The average Bonchev–Trinajstić information content (AvgIpc) is 2.42. The molecule has 1 aliphatic carbocycles. The molecule has 0 radical (unpaired) electrons. The van der Waals surface area contributed by atoms with Gasteiger partial charge in [-0.05, 0) is 31.6 Å². The molecule has 18 heavy (non-hydrogen) atoms. The summed E-state index contributed by atoms with van der Waals surface area (Å²) >= 11 is 0. The second kappa shape index (κ2) is 5.98. The van der Waals surface area contributed by atoms with Crippen LogP contribution in [0, 0.1) is 11.7 Å². The van der Waals surface area contributed by atoms with Gasteiger partial charge in [-0.1, -0.05) is 13.3 Å². The molecular weight excluding hydrogens is 231 g/mol. The standard InChI is InChI=1S/C13H21FN4/c1-3-9-4-6-10(7-5-9)17-12-11(14)8-16-13(15-2)18-12/h8-10H,3-7H2,1-2H3,(H2,15,16,17,18). The second-order valence-corrected chi connectivity index (χ2v) is 4.91. The highest BCUT2D eigenvalue weighted by molar-refractivity contribution is 5.41. The number of nitrogens with one attached hydrogen (secondary N) is 2. The van der Waals surface area contributed by atoms with E-state index in [0.29, 0.717) is 17.8 Å². The van der Waals surface area contributed by atoms with Gasteiger partial charge in [0.2, 0.25) is 5.95 Å². The van der Waals surface area contributed by atoms with Gasteiger partial charge >= 0.3 is 0 Å². The zero-order valence-electron chi connectivity index (χ0n) is 11.0. The molecule has 0 bridgehead atoms. The number of nitrogens with zero attached hydrogens (tertiary/aromatic N) is 2. The van der Waals surface area contributed by atoms with Crippen molar-refractivity contribution >= 4 is 11.8 Å². The van der Waals surface area contributed by atoms with E-state index in [-0.39, 0.29) is 5.82 Å². The zero-order valence-corrected chi connectivity index (χ0v) is 11.0. The maximum absolute atomic E-state index is 13.6. The summed E-state index contributed by atoms with van der Waals surface area (Å²) in [5.41, 5.74) is 0. The molecule has 0 atom stereocenters. The second-order valence-electron chi connectivity index (χ2n) is 4.91. The minimum Gasteiger partial charge on any atom is -0.365 e. The first-order valence-corrected chi connectivity index (χ1v) is 6.69. The van der Waals surface area contributed by atoms with Crippen LogP contribution in [0.25, 0.3) is 0 Å². The summed E-state index contributed by atoms with van der Waals surface area (Å²) in [4.78, 5) is 7.95. The van der Waals surface area contributed by atoms with Crippen LogP contribution in [0.4, 0.5) is 16.2 Å². The molecule has 2 N–H and O–H groups in total. The summed E-state index contributed by atoms with van der Waals surface area (Å²) in [6.45, 7) is 2.24. The van der Waals surface area contributed by atoms with Crippen molar-refractivity contribution in [1.29, 1.82) is 0 Å². The minimum atomic E-state index is -0.383. The lowest BCUT2D eigenvalue weighted by atomic mass is 9.84. The Morgan fingerprint density at radius 1 is 1.33 bits per heavy atom. The van der Waals surface area contributed by atoms with E-state index < -0.39 is 0 Å². The van der Waals surface area contributed by atoms with E-state index in [2.05, 4.69) is 27.5 Å². The Kier molecular flexibility index (Phi) is 4.33. The summed E-state index contributed by atoms with van der Waals surface area (Å²) in [5.74, 6) is 1.22. The third kappa shape index (κ3) is 3.09. The van der Waals surface area contributed by atoms with Crippen LogP contribution in [0.1, 0.15) is 39.0 Å². The number of rotatable bonds is 4. The molecule has 100 valence electrons. The molecule has 2 rings (SSSR count). The summed E-state index contributed by atoms with van der Waals surface area (Å²) in [5, 5.41) is 6.02. The largest absolute Gasteiger partial charge is 0.365 e. The molecule has 0 aliphatic heterocycles. The highest BCUT2D eigenvalue weighted by atomic mass is 19.1. The lowest BCUT2D eigenvalue weighted by Gasteiger charge is -2.28. The molecule has 1 aromatic rings. The molecule has 4 nitrogen and oxygen atoms in total. The Hall–Kier alpha value is -1.39. The van der Waals surface area contributed by atoms with Crippen LogP contribution >= 0.6 is 0 Å². The van der Waals surface area contributed by atoms with Crippen LogP contribution in [0.2, 0.25) is 0 Å². The van der Waals surface area contributed by atoms with Crippen LogP contribution in [-0.4, -0.2) is 23.1 Å². The lowest BCUT2D eigenvalue weighted by Crippen LogP contribution is -2.27. The van der Waals surface area contributed by atoms with Crippen LogP contribution in [0.3, 0.4) is 0 Å². The molecule has 0 unspecified atom stereocenters. The van der Waals surface area contributed by atoms with Gasteiger partial charge in [0.05, 0.1) is 6.20 Å². The lowest BCUT2D eigenvalue weighted by molar-refractivity contribution is 0.329. The molecule has 0 aromatic carbocycles. The fraction of sp³-hybridized carbons (Fsp3) is 0.692. The predicted molar refractivity (Wildman–Crippen MR) is 71.2 cm³/mol. The normalized spacial score (nSPS) is 23.7. The van der Waals surface area contributed by atoms with Gasteiger partial charge in [0, 0.05) is 13.1 Å². The molecule has 1 fully saturated rings. The first kappa shape index (κ1) is 13.1.